The molecule has 1 fully saturated rings. The Kier molecular flexibility index (Phi) is 4.58. The van der Waals surface area contributed by atoms with Crippen molar-refractivity contribution in [2.24, 2.45) is 0 Å². The third-order valence-electron chi connectivity index (χ3n) is 4.97. The van der Waals surface area contributed by atoms with Gasteiger partial charge in [-0.3, -0.25) is 14.9 Å². The number of amides is 1. The number of hydrogen-bond acceptors (Lipinski definition) is 4. The van der Waals surface area contributed by atoms with E-state index in [2.05, 4.69) is 10.2 Å². The molecule has 0 atom stereocenters. The van der Waals surface area contributed by atoms with Gasteiger partial charge in [0.25, 0.3) is 11.6 Å². The molecule has 0 saturated carbocycles. The van der Waals surface area contributed by atoms with Gasteiger partial charge in [-0.15, -0.1) is 0 Å². The summed E-state index contributed by atoms with van der Waals surface area (Å²) in [5.74, 6) is -0.241. The van der Waals surface area contributed by atoms with Gasteiger partial charge in [0.15, 0.2) is 0 Å². The predicted molar refractivity (Wildman–Crippen MR) is 107 cm³/mol. The van der Waals surface area contributed by atoms with Crippen molar-refractivity contribution in [2.45, 2.75) is 19.3 Å². The first kappa shape index (κ1) is 17.5. The summed E-state index contributed by atoms with van der Waals surface area (Å²) >= 11 is 6.05. The molecule has 2 aromatic carbocycles. The minimum atomic E-state index is -0.356. The topological polar surface area (TPSA) is 75.5 Å². The minimum absolute atomic E-state index is 0.0657. The molecule has 0 spiro atoms. The van der Waals surface area contributed by atoms with Crippen molar-refractivity contribution in [2.75, 3.05) is 23.3 Å². The molecule has 2 aliphatic rings. The normalized spacial score (nSPS) is 17.7. The molecule has 1 amide bonds. The molecule has 4 rings (SSSR count). The first-order valence-corrected chi connectivity index (χ1v) is 9.27. The van der Waals surface area contributed by atoms with Crippen molar-refractivity contribution in [1.82, 2.24) is 0 Å². The molecule has 138 valence electrons. The van der Waals surface area contributed by atoms with Crippen molar-refractivity contribution in [3.05, 3.63) is 62.7 Å². The van der Waals surface area contributed by atoms with E-state index in [1.807, 2.05) is 6.07 Å². The van der Waals surface area contributed by atoms with Gasteiger partial charge in [0, 0.05) is 41.0 Å². The summed E-state index contributed by atoms with van der Waals surface area (Å²) in [7, 11) is 0. The van der Waals surface area contributed by atoms with Gasteiger partial charge in [0.1, 0.15) is 5.69 Å². The minimum Gasteiger partial charge on any atom is -0.366 e. The average Bonchev–Trinajstić information content (AvgIpc) is 2.97. The molecule has 27 heavy (non-hydrogen) atoms. The van der Waals surface area contributed by atoms with Crippen LogP contribution in [0, 0.1) is 10.1 Å². The number of carbonyl (C=O) groups excluding carboxylic acids is 1. The Morgan fingerprint density at radius 2 is 1.89 bits per heavy atom. The first-order valence-electron chi connectivity index (χ1n) is 8.89. The van der Waals surface area contributed by atoms with E-state index >= 15 is 0 Å². The third kappa shape index (κ3) is 3.40. The highest BCUT2D eigenvalue weighted by atomic mass is 35.5. The van der Waals surface area contributed by atoms with Crippen LogP contribution in [0.15, 0.2) is 36.4 Å². The van der Waals surface area contributed by atoms with E-state index in [1.165, 1.54) is 6.07 Å². The van der Waals surface area contributed by atoms with E-state index < -0.39 is 0 Å². The maximum Gasteiger partial charge on any atom is 0.293 e. The fourth-order valence-corrected chi connectivity index (χ4v) is 3.82. The summed E-state index contributed by atoms with van der Waals surface area (Å²) in [5, 5.41) is 14.9. The number of halogens is 1. The van der Waals surface area contributed by atoms with Crippen molar-refractivity contribution in [3.63, 3.8) is 0 Å². The molecular weight excluding hydrogens is 366 g/mol. The molecule has 7 heteroatoms. The monoisotopic (exact) mass is 383 g/mol. The van der Waals surface area contributed by atoms with Gasteiger partial charge in [-0.05, 0) is 55.2 Å². The van der Waals surface area contributed by atoms with E-state index in [9.17, 15) is 14.9 Å². The molecule has 2 aliphatic heterocycles. The molecule has 0 aliphatic carbocycles. The standard InChI is InChI=1S/C20H18ClN3O3/c21-14-5-6-17-15(12-14)16(20(25)22-17)10-13-4-7-18(19(11-13)24(26)27)23-8-2-1-3-9-23/h4-7,10-12H,1-3,8-9H2,(H,22,25). The van der Waals surface area contributed by atoms with Crippen molar-refractivity contribution >= 4 is 46.2 Å². The average molecular weight is 384 g/mol. The van der Waals surface area contributed by atoms with Crippen LogP contribution in [-0.2, 0) is 4.79 Å². The van der Waals surface area contributed by atoms with Crippen LogP contribution < -0.4 is 10.2 Å². The molecular formula is C20H18ClN3O3. The van der Waals surface area contributed by atoms with E-state index in [1.54, 1.807) is 30.3 Å². The number of nitro groups is 1. The Bertz CT molecular complexity index is 965. The van der Waals surface area contributed by atoms with E-state index in [0.29, 0.717) is 33.1 Å². The largest absolute Gasteiger partial charge is 0.366 e. The summed E-state index contributed by atoms with van der Waals surface area (Å²) in [6.45, 7) is 1.66. The number of nitrogens with one attached hydrogen (secondary N) is 1. The highest BCUT2D eigenvalue weighted by Gasteiger charge is 2.25. The summed E-state index contributed by atoms with van der Waals surface area (Å²) in [4.78, 5) is 25.6. The zero-order chi connectivity index (χ0) is 19.0. The second kappa shape index (κ2) is 7.04. The van der Waals surface area contributed by atoms with Crippen LogP contribution in [0.1, 0.15) is 30.4 Å². The number of piperidine rings is 1. The number of nitro benzene ring substituents is 1. The third-order valence-corrected chi connectivity index (χ3v) is 5.20. The Labute approximate surface area is 161 Å². The highest BCUT2D eigenvalue weighted by Crippen LogP contribution is 2.37. The van der Waals surface area contributed by atoms with Crippen molar-refractivity contribution in [3.8, 4) is 0 Å². The summed E-state index contributed by atoms with van der Waals surface area (Å²) in [5.41, 5.74) is 3.16. The fraction of sp³-hybridized carbons (Fsp3) is 0.250. The molecule has 0 aromatic heterocycles. The quantitative estimate of drug-likeness (QED) is 0.472. The summed E-state index contributed by atoms with van der Waals surface area (Å²) < 4.78 is 0. The van der Waals surface area contributed by atoms with Crippen LogP contribution in [-0.4, -0.2) is 23.9 Å². The van der Waals surface area contributed by atoms with Gasteiger partial charge >= 0.3 is 0 Å². The maximum atomic E-state index is 12.3. The number of fused-ring (bicyclic) bond motifs is 1. The zero-order valence-electron chi connectivity index (χ0n) is 14.6. The molecule has 0 bridgehead atoms. The van der Waals surface area contributed by atoms with Gasteiger partial charge < -0.3 is 10.2 Å². The van der Waals surface area contributed by atoms with Crippen LogP contribution in [0.25, 0.3) is 11.6 Å². The molecule has 2 aromatic rings. The smallest absolute Gasteiger partial charge is 0.293 e. The molecule has 1 N–H and O–H groups in total. The lowest BCUT2D eigenvalue weighted by molar-refractivity contribution is -0.384. The molecule has 2 heterocycles. The SMILES string of the molecule is O=C1Nc2ccc(Cl)cc2C1=Cc1ccc(N2CCCCC2)c([N+](=O)[O-])c1. The molecule has 1 saturated heterocycles. The summed E-state index contributed by atoms with van der Waals surface area (Å²) in [6, 6.07) is 10.3. The maximum absolute atomic E-state index is 12.3. The highest BCUT2D eigenvalue weighted by molar-refractivity contribution is 6.36. The van der Waals surface area contributed by atoms with Crippen LogP contribution in [0.4, 0.5) is 17.1 Å². The first-order chi connectivity index (χ1) is 13.0. The van der Waals surface area contributed by atoms with E-state index in [4.69, 9.17) is 11.6 Å². The lowest BCUT2D eigenvalue weighted by atomic mass is 10.0. The van der Waals surface area contributed by atoms with Crippen LogP contribution in [0.3, 0.4) is 0 Å². The zero-order valence-corrected chi connectivity index (χ0v) is 15.3. The van der Waals surface area contributed by atoms with Gasteiger partial charge in [0.2, 0.25) is 0 Å². The number of anilines is 2. The van der Waals surface area contributed by atoms with Gasteiger partial charge in [-0.2, -0.15) is 0 Å². The Hall–Kier alpha value is -2.86. The number of carbonyl (C=O) groups is 1. The second-order valence-electron chi connectivity index (χ2n) is 6.76. The van der Waals surface area contributed by atoms with Gasteiger partial charge in [-0.25, -0.2) is 0 Å². The van der Waals surface area contributed by atoms with E-state index in [-0.39, 0.29) is 16.5 Å². The number of nitrogens with zero attached hydrogens (tertiary/aromatic N) is 2. The number of benzene rings is 2. The number of hydrogen-bond donors (Lipinski definition) is 1. The Morgan fingerprint density at radius 1 is 1.11 bits per heavy atom. The van der Waals surface area contributed by atoms with Crippen LogP contribution in [0.5, 0.6) is 0 Å². The van der Waals surface area contributed by atoms with Crippen LogP contribution in [0.2, 0.25) is 5.02 Å². The molecule has 0 unspecified atom stereocenters. The Morgan fingerprint density at radius 3 is 2.63 bits per heavy atom. The molecule has 0 radical (unpaired) electrons. The Balaban J connectivity index is 1.74. The van der Waals surface area contributed by atoms with E-state index in [0.717, 1.165) is 32.4 Å². The number of rotatable bonds is 3. The fourth-order valence-electron chi connectivity index (χ4n) is 3.65. The second-order valence-corrected chi connectivity index (χ2v) is 7.19. The van der Waals surface area contributed by atoms with Crippen LogP contribution >= 0.6 is 11.6 Å². The summed E-state index contributed by atoms with van der Waals surface area (Å²) in [6.07, 6.45) is 4.91. The lowest BCUT2D eigenvalue weighted by Crippen LogP contribution is -2.29. The van der Waals surface area contributed by atoms with Gasteiger partial charge in [0.05, 0.1) is 4.92 Å². The lowest BCUT2D eigenvalue weighted by Gasteiger charge is -2.28. The predicted octanol–water partition coefficient (Wildman–Crippen LogP) is 4.73. The van der Waals surface area contributed by atoms with Gasteiger partial charge in [-0.1, -0.05) is 17.7 Å². The molecule has 6 nitrogen and oxygen atoms in total. The van der Waals surface area contributed by atoms with Crippen molar-refractivity contribution < 1.29 is 9.72 Å². The van der Waals surface area contributed by atoms with Crippen molar-refractivity contribution in [1.29, 1.82) is 0 Å².